The molecule has 2 atom stereocenters. The van der Waals surface area contributed by atoms with Crippen molar-refractivity contribution in [1.29, 1.82) is 0 Å². The SMILES string of the molecule is Cc1ccc2nc(C3CCC3)n(C3=CC4C=NNC4C=C3)c2n1. The van der Waals surface area contributed by atoms with Gasteiger partial charge in [-0.2, -0.15) is 5.10 Å². The van der Waals surface area contributed by atoms with Gasteiger partial charge >= 0.3 is 0 Å². The average Bonchev–Trinajstić information content (AvgIpc) is 3.08. The van der Waals surface area contributed by atoms with Gasteiger partial charge in [-0.3, -0.25) is 4.57 Å². The first-order valence-corrected chi connectivity index (χ1v) is 8.35. The third-order valence-corrected chi connectivity index (χ3v) is 5.12. The van der Waals surface area contributed by atoms with Gasteiger partial charge in [0.2, 0.25) is 0 Å². The summed E-state index contributed by atoms with van der Waals surface area (Å²) in [5.74, 6) is 2.04. The van der Waals surface area contributed by atoms with Gasteiger partial charge in [-0.05, 0) is 44.1 Å². The first-order chi connectivity index (χ1) is 11.3. The van der Waals surface area contributed by atoms with Gasteiger partial charge in [-0.25, -0.2) is 9.97 Å². The third kappa shape index (κ3) is 1.96. The van der Waals surface area contributed by atoms with Crippen molar-refractivity contribution in [2.24, 2.45) is 11.0 Å². The molecule has 0 radical (unpaired) electrons. The van der Waals surface area contributed by atoms with Crippen LogP contribution in [0.15, 0.2) is 35.5 Å². The number of aromatic nitrogens is 3. The van der Waals surface area contributed by atoms with Crippen LogP contribution in [0.5, 0.6) is 0 Å². The van der Waals surface area contributed by atoms with Crippen molar-refractivity contribution in [2.75, 3.05) is 0 Å². The molecule has 5 rings (SSSR count). The molecule has 0 bridgehead atoms. The lowest BCUT2D eigenvalue weighted by Gasteiger charge is -2.27. The molecule has 116 valence electrons. The highest BCUT2D eigenvalue weighted by Gasteiger charge is 2.29. The summed E-state index contributed by atoms with van der Waals surface area (Å²) in [6, 6.07) is 4.42. The van der Waals surface area contributed by atoms with E-state index in [9.17, 15) is 0 Å². The Morgan fingerprint density at radius 3 is 2.96 bits per heavy atom. The number of nitrogens with zero attached hydrogens (tertiary/aromatic N) is 4. The van der Waals surface area contributed by atoms with Gasteiger partial charge in [0.1, 0.15) is 11.3 Å². The minimum Gasteiger partial charge on any atom is -0.302 e. The van der Waals surface area contributed by atoms with Crippen molar-refractivity contribution in [3.05, 3.63) is 41.9 Å². The topological polar surface area (TPSA) is 55.1 Å². The van der Waals surface area contributed by atoms with E-state index in [2.05, 4.69) is 39.4 Å². The second kappa shape index (κ2) is 4.78. The smallest absolute Gasteiger partial charge is 0.164 e. The number of allylic oxidation sites excluding steroid dienone is 2. The summed E-state index contributed by atoms with van der Waals surface area (Å²) in [5.41, 5.74) is 7.30. The maximum Gasteiger partial charge on any atom is 0.164 e. The lowest BCUT2D eigenvalue weighted by molar-refractivity contribution is 0.399. The van der Waals surface area contributed by atoms with E-state index in [-0.39, 0.29) is 6.04 Å². The average molecular weight is 305 g/mol. The minimum absolute atomic E-state index is 0.287. The van der Waals surface area contributed by atoms with Crippen LogP contribution in [0, 0.1) is 12.8 Å². The molecule has 2 unspecified atom stereocenters. The predicted octanol–water partition coefficient (Wildman–Crippen LogP) is 2.99. The maximum absolute atomic E-state index is 4.91. The Morgan fingerprint density at radius 1 is 1.22 bits per heavy atom. The Hall–Kier alpha value is -2.43. The Kier molecular flexibility index (Phi) is 2.71. The molecule has 1 saturated carbocycles. The summed E-state index contributed by atoms with van der Waals surface area (Å²) in [6.07, 6.45) is 12.4. The fourth-order valence-electron chi connectivity index (χ4n) is 3.58. The zero-order valence-corrected chi connectivity index (χ0v) is 13.1. The van der Waals surface area contributed by atoms with Crippen LogP contribution in [-0.2, 0) is 0 Å². The van der Waals surface area contributed by atoms with E-state index in [1.807, 2.05) is 19.2 Å². The third-order valence-electron chi connectivity index (χ3n) is 5.12. The standard InChI is InChI=1S/C18H19N5/c1-11-5-7-16-18(20-11)23(17(21-16)12-3-2-4-12)14-6-8-15-13(9-14)10-19-22-15/h5-10,12-13,15,22H,2-4H2,1H3. The van der Waals surface area contributed by atoms with E-state index < -0.39 is 0 Å². The van der Waals surface area contributed by atoms with Gasteiger partial charge in [0.05, 0.1) is 6.04 Å². The van der Waals surface area contributed by atoms with Gasteiger partial charge in [-0.1, -0.05) is 12.5 Å². The molecule has 0 spiro atoms. The molecule has 5 nitrogen and oxygen atoms in total. The summed E-state index contributed by atoms with van der Waals surface area (Å²) < 4.78 is 2.27. The van der Waals surface area contributed by atoms with E-state index in [0.717, 1.165) is 16.9 Å². The van der Waals surface area contributed by atoms with Crippen molar-refractivity contribution in [3.63, 3.8) is 0 Å². The molecular weight excluding hydrogens is 286 g/mol. The molecule has 2 aromatic rings. The Balaban J connectivity index is 1.71. The fourth-order valence-corrected chi connectivity index (χ4v) is 3.58. The van der Waals surface area contributed by atoms with Crippen molar-refractivity contribution in [2.45, 2.75) is 38.1 Å². The molecule has 3 aliphatic rings. The number of aryl methyl sites for hydroxylation is 1. The van der Waals surface area contributed by atoms with Gasteiger partial charge < -0.3 is 5.43 Å². The quantitative estimate of drug-likeness (QED) is 0.928. The number of pyridine rings is 1. The van der Waals surface area contributed by atoms with Crippen molar-refractivity contribution in [3.8, 4) is 0 Å². The number of hydrazone groups is 1. The van der Waals surface area contributed by atoms with Crippen LogP contribution >= 0.6 is 0 Å². The molecule has 0 aromatic carbocycles. The van der Waals surface area contributed by atoms with E-state index in [0.29, 0.717) is 11.8 Å². The minimum atomic E-state index is 0.287. The van der Waals surface area contributed by atoms with E-state index in [1.165, 1.54) is 30.8 Å². The molecular formula is C18H19N5. The summed E-state index contributed by atoms with van der Waals surface area (Å²) in [7, 11) is 0. The number of rotatable bonds is 2. The van der Waals surface area contributed by atoms with Crippen molar-refractivity contribution in [1.82, 2.24) is 20.0 Å². The van der Waals surface area contributed by atoms with Crippen LogP contribution < -0.4 is 5.43 Å². The maximum atomic E-state index is 4.91. The molecule has 1 aliphatic heterocycles. The largest absolute Gasteiger partial charge is 0.302 e. The number of hydrogen-bond acceptors (Lipinski definition) is 4. The summed E-state index contributed by atoms with van der Waals surface area (Å²) in [6.45, 7) is 2.04. The number of hydrogen-bond donors (Lipinski definition) is 1. The van der Waals surface area contributed by atoms with E-state index in [1.54, 1.807) is 0 Å². The summed E-state index contributed by atoms with van der Waals surface area (Å²) >= 11 is 0. The highest BCUT2D eigenvalue weighted by atomic mass is 15.3. The van der Waals surface area contributed by atoms with Gasteiger partial charge in [-0.15, -0.1) is 0 Å². The Bertz CT molecular complexity index is 869. The van der Waals surface area contributed by atoms with Gasteiger partial charge in [0.25, 0.3) is 0 Å². The fraction of sp³-hybridized carbons (Fsp3) is 0.389. The molecule has 1 N–H and O–H groups in total. The zero-order valence-electron chi connectivity index (χ0n) is 13.1. The van der Waals surface area contributed by atoms with Gasteiger partial charge in [0.15, 0.2) is 5.65 Å². The van der Waals surface area contributed by atoms with Crippen LogP contribution in [0.1, 0.15) is 36.7 Å². The lowest BCUT2D eigenvalue weighted by atomic mass is 9.84. The summed E-state index contributed by atoms with van der Waals surface area (Å²) in [5, 5.41) is 4.19. The molecule has 2 aliphatic carbocycles. The normalized spacial score (nSPS) is 26.0. The Morgan fingerprint density at radius 2 is 2.13 bits per heavy atom. The molecule has 3 heterocycles. The monoisotopic (exact) mass is 305 g/mol. The Labute approximate surface area is 134 Å². The van der Waals surface area contributed by atoms with Crippen molar-refractivity contribution < 1.29 is 0 Å². The van der Waals surface area contributed by atoms with E-state index >= 15 is 0 Å². The van der Waals surface area contributed by atoms with Crippen LogP contribution in [0.3, 0.4) is 0 Å². The number of nitrogens with one attached hydrogen (secondary N) is 1. The molecule has 23 heavy (non-hydrogen) atoms. The van der Waals surface area contributed by atoms with Crippen LogP contribution in [0.25, 0.3) is 16.9 Å². The molecule has 2 aromatic heterocycles. The molecule has 1 fully saturated rings. The highest BCUT2D eigenvalue weighted by Crippen LogP contribution is 2.39. The molecule has 0 saturated heterocycles. The lowest BCUT2D eigenvalue weighted by Crippen LogP contribution is -2.26. The van der Waals surface area contributed by atoms with Crippen molar-refractivity contribution >= 4 is 23.1 Å². The first-order valence-electron chi connectivity index (χ1n) is 8.35. The second-order valence-corrected chi connectivity index (χ2v) is 6.69. The molecule has 0 amide bonds. The first kappa shape index (κ1) is 13.0. The van der Waals surface area contributed by atoms with Crippen LogP contribution in [0.4, 0.5) is 0 Å². The second-order valence-electron chi connectivity index (χ2n) is 6.69. The van der Waals surface area contributed by atoms with E-state index in [4.69, 9.17) is 9.97 Å². The number of fused-ring (bicyclic) bond motifs is 2. The predicted molar refractivity (Wildman–Crippen MR) is 91.2 cm³/mol. The van der Waals surface area contributed by atoms with Crippen LogP contribution in [-0.4, -0.2) is 26.8 Å². The highest BCUT2D eigenvalue weighted by molar-refractivity contribution is 5.81. The van der Waals surface area contributed by atoms with Crippen LogP contribution in [0.2, 0.25) is 0 Å². The summed E-state index contributed by atoms with van der Waals surface area (Å²) in [4.78, 5) is 9.69. The zero-order chi connectivity index (χ0) is 15.4. The number of imidazole rings is 1. The van der Waals surface area contributed by atoms with Gasteiger partial charge in [0, 0.05) is 29.4 Å². The molecule has 5 heteroatoms.